The molecule has 0 fully saturated rings. The van der Waals surface area contributed by atoms with Gasteiger partial charge in [0.2, 0.25) is 0 Å². The Labute approximate surface area is 115 Å². The summed E-state index contributed by atoms with van der Waals surface area (Å²) in [5, 5.41) is 15.6. The number of aryl methyl sites for hydroxylation is 1. The van der Waals surface area contributed by atoms with Gasteiger partial charge in [0, 0.05) is 16.1 Å². The van der Waals surface area contributed by atoms with Crippen molar-refractivity contribution in [2.45, 2.75) is 6.92 Å². The van der Waals surface area contributed by atoms with E-state index in [1.165, 1.54) is 10.1 Å². The van der Waals surface area contributed by atoms with E-state index in [1.54, 1.807) is 11.3 Å². The molecule has 0 saturated heterocycles. The molecule has 19 heavy (non-hydrogen) atoms. The van der Waals surface area contributed by atoms with Crippen LogP contribution in [0.3, 0.4) is 0 Å². The van der Waals surface area contributed by atoms with Crippen molar-refractivity contribution in [1.82, 2.24) is 0 Å². The van der Waals surface area contributed by atoms with E-state index in [4.69, 9.17) is 5.26 Å². The maximum Gasteiger partial charge on any atom is 0.0994 e. The largest absolute Gasteiger partial charge is 0.355 e. The number of nitrogens with zero attached hydrogens (tertiary/aromatic N) is 1. The summed E-state index contributed by atoms with van der Waals surface area (Å²) in [6.45, 7) is 1.95. The molecule has 0 amide bonds. The second kappa shape index (κ2) is 4.75. The average Bonchev–Trinajstić information content (AvgIpc) is 2.86. The molecule has 2 aromatic carbocycles. The van der Waals surface area contributed by atoms with Crippen molar-refractivity contribution in [3.05, 3.63) is 59.0 Å². The van der Waals surface area contributed by atoms with Crippen molar-refractivity contribution in [1.29, 1.82) is 5.26 Å². The fourth-order valence-electron chi connectivity index (χ4n) is 2.08. The molecule has 0 saturated carbocycles. The Morgan fingerprint density at radius 2 is 1.84 bits per heavy atom. The maximum atomic E-state index is 8.92. The van der Waals surface area contributed by atoms with Crippen LogP contribution < -0.4 is 5.32 Å². The lowest BCUT2D eigenvalue weighted by Gasteiger charge is -2.08. The number of fused-ring (bicyclic) bond motifs is 1. The number of thiophene rings is 1. The summed E-state index contributed by atoms with van der Waals surface area (Å²) in [7, 11) is 0. The van der Waals surface area contributed by atoms with Gasteiger partial charge >= 0.3 is 0 Å². The van der Waals surface area contributed by atoms with Crippen LogP contribution in [0, 0.1) is 18.3 Å². The predicted octanol–water partition coefficient (Wildman–Crippen LogP) is 4.83. The number of hydrogen-bond acceptors (Lipinski definition) is 3. The Morgan fingerprint density at radius 3 is 2.63 bits per heavy atom. The summed E-state index contributed by atoms with van der Waals surface area (Å²) in [4.78, 5) is 0. The highest BCUT2D eigenvalue weighted by Gasteiger charge is 2.01. The summed E-state index contributed by atoms with van der Waals surface area (Å²) in [6, 6.07) is 16.4. The Balaban J connectivity index is 1.92. The van der Waals surface area contributed by atoms with Gasteiger partial charge in [-0.15, -0.1) is 11.3 Å². The van der Waals surface area contributed by atoms with Crippen LogP contribution in [0.5, 0.6) is 0 Å². The molecule has 1 N–H and O–H groups in total. The lowest BCUT2D eigenvalue weighted by atomic mass is 10.1. The number of nitrogens with one attached hydrogen (secondary N) is 1. The van der Waals surface area contributed by atoms with E-state index >= 15 is 0 Å². The van der Waals surface area contributed by atoms with E-state index in [-0.39, 0.29) is 0 Å². The number of hydrogen-bond donors (Lipinski definition) is 1. The first kappa shape index (κ1) is 11.8. The Morgan fingerprint density at radius 1 is 1.05 bits per heavy atom. The Kier molecular flexibility index (Phi) is 2.94. The normalized spacial score (nSPS) is 10.3. The quantitative estimate of drug-likeness (QED) is 0.720. The molecule has 0 radical (unpaired) electrons. The van der Waals surface area contributed by atoms with Gasteiger partial charge in [0.15, 0.2) is 0 Å². The summed E-state index contributed by atoms with van der Waals surface area (Å²) >= 11 is 1.75. The van der Waals surface area contributed by atoms with Crippen LogP contribution in [-0.2, 0) is 0 Å². The third kappa shape index (κ3) is 2.31. The highest BCUT2D eigenvalue weighted by Crippen LogP contribution is 2.26. The van der Waals surface area contributed by atoms with E-state index < -0.39 is 0 Å². The molecule has 0 atom stereocenters. The molecule has 1 heterocycles. The second-order valence-electron chi connectivity index (χ2n) is 4.44. The number of rotatable bonds is 2. The summed E-state index contributed by atoms with van der Waals surface area (Å²) in [5.41, 5.74) is 3.78. The zero-order chi connectivity index (χ0) is 13.2. The molecule has 0 unspecified atom stereocenters. The first-order valence-corrected chi connectivity index (χ1v) is 6.89. The maximum absolute atomic E-state index is 8.92. The SMILES string of the molecule is Cc1cc(Nc2ccc3sccc3c2)ccc1C#N. The van der Waals surface area contributed by atoms with Gasteiger partial charge < -0.3 is 5.32 Å². The van der Waals surface area contributed by atoms with Crippen LogP contribution in [0.1, 0.15) is 11.1 Å². The van der Waals surface area contributed by atoms with Gasteiger partial charge in [0.25, 0.3) is 0 Å². The molecule has 0 bridgehead atoms. The smallest absolute Gasteiger partial charge is 0.0994 e. The van der Waals surface area contributed by atoms with Crippen molar-refractivity contribution in [3.63, 3.8) is 0 Å². The Hall–Kier alpha value is -2.31. The Bertz CT molecular complexity index is 781. The molecule has 0 aliphatic carbocycles. The standard InChI is InChI=1S/C16H12N2S/c1-11-8-14(3-2-13(11)10-17)18-15-4-5-16-12(9-15)6-7-19-16/h2-9,18H,1H3. The molecule has 92 valence electrons. The van der Waals surface area contributed by atoms with Crippen molar-refractivity contribution < 1.29 is 0 Å². The highest BCUT2D eigenvalue weighted by molar-refractivity contribution is 7.17. The van der Waals surface area contributed by atoms with Crippen LogP contribution in [0.15, 0.2) is 47.8 Å². The number of anilines is 2. The van der Waals surface area contributed by atoms with Crippen LogP contribution >= 0.6 is 11.3 Å². The van der Waals surface area contributed by atoms with Crippen molar-refractivity contribution in [2.75, 3.05) is 5.32 Å². The van der Waals surface area contributed by atoms with Crippen LogP contribution in [-0.4, -0.2) is 0 Å². The molecular weight excluding hydrogens is 252 g/mol. The molecule has 0 aliphatic rings. The zero-order valence-corrected chi connectivity index (χ0v) is 11.3. The minimum atomic E-state index is 0.721. The molecule has 0 spiro atoms. The number of nitriles is 1. The van der Waals surface area contributed by atoms with Crippen LogP contribution in [0.25, 0.3) is 10.1 Å². The average molecular weight is 264 g/mol. The summed E-state index contributed by atoms with van der Waals surface area (Å²) in [5.74, 6) is 0. The van der Waals surface area contributed by atoms with Gasteiger partial charge in [-0.3, -0.25) is 0 Å². The van der Waals surface area contributed by atoms with Gasteiger partial charge in [-0.2, -0.15) is 5.26 Å². The van der Waals surface area contributed by atoms with Gasteiger partial charge in [0.1, 0.15) is 0 Å². The van der Waals surface area contributed by atoms with Crippen molar-refractivity contribution >= 4 is 32.8 Å². The third-order valence-corrected chi connectivity index (χ3v) is 3.99. The van der Waals surface area contributed by atoms with E-state index in [9.17, 15) is 0 Å². The monoisotopic (exact) mass is 264 g/mol. The first-order chi connectivity index (χ1) is 9.26. The fraction of sp³-hybridized carbons (Fsp3) is 0.0625. The third-order valence-electron chi connectivity index (χ3n) is 3.09. The topological polar surface area (TPSA) is 35.8 Å². The van der Waals surface area contributed by atoms with E-state index in [0.717, 1.165) is 22.5 Å². The molecule has 1 aromatic heterocycles. The molecule has 3 rings (SSSR count). The molecular formula is C16H12N2S. The van der Waals surface area contributed by atoms with Gasteiger partial charge in [0.05, 0.1) is 11.6 Å². The fourth-order valence-corrected chi connectivity index (χ4v) is 2.85. The van der Waals surface area contributed by atoms with E-state index in [0.29, 0.717) is 0 Å². The lowest BCUT2D eigenvalue weighted by Crippen LogP contribution is -1.91. The van der Waals surface area contributed by atoms with Gasteiger partial charge in [-0.05, 0) is 65.7 Å². The summed E-state index contributed by atoms with van der Waals surface area (Å²) in [6.07, 6.45) is 0. The minimum absolute atomic E-state index is 0.721. The van der Waals surface area contributed by atoms with Crippen LogP contribution in [0.2, 0.25) is 0 Å². The van der Waals surface area contributed by atoms with E-state index in [1.807, 2.05) is 25.1 Å². The van der Waals surface area contributed by atoms with Crippen LogP contribution in [0.4, 0.5) is 11.4 Å². The zero-order valence-electron chi connectivity index (χ0n) is 10.5. The van der Waals surface area contributed by atoms with Gasteiger partial charge in [-0.25, -0.2) is 0 Å². The summed E-state index contributed by atoms with van der Waals surface area (Å²) < 4.78 is 1.29. The molecule has 2 nitrogen and oxygen atoms in total. The minimum Gasteiger partial charge on any atom is -0.355 e. The molecule has 3 aromatic rings. The highest BCUT2D eigenvalue weighted by atomic mass is 32.1. The van der Waals surface area contributed by atoms with Gasteiger partial charge in [-0.1, -0.05) is 0 Å². The second-order valence-corrected chi connectivity index (χ2v) is 5.39. The lowest BCUT2D eigenvalue weighted by molar-refractivity contribution is 1.39. The van der Waals surface area contributed by atoms with E-state index in [2.05, 4.69) is 41.0 Å². The first-order valence-electron chi connectivity index (χ1n) is 6.01. The van der Waals surface area contributed by atoms with Crippen molar-refractivity contribution in [3.8, 4) is 6.07 Å². The molecule has 3 heteroatoms. The predicted molar refractivity (Wildman–Crippen MR) is 81.0 cm³/mol. The van der Waals surface area contributed by atoms with Crippen molar-refractivity contribution in [2.24, 2.45) is 0 Å². The number of benzene rings is 2. The molecule has 0 aliphatic heterocycles.